The minimum absolute atomic E-state index is 0.0860. The van der Waals surface area contributed by atoms with Gasteiger partial charge in [0.2, 0.25) is 5.91 Å². The van der Waals surface area contributed by atoms with Gasteiger partial charge in [-0.25, -0.2) is 9.18 Å². The van der Waals surface area contributed by atoms with Crippen LogP contribution in [-0.2, 0) is 4.79 Å². The Hall–Kier alpha value is -2.37. The summed E-state index contributed by atoms with van der Waals surface area (Å²) in [6.45, 7) is 0.267. The van der Waals surface area contributed by atoms with E-state index in [-0.39, 0.29) is 18.1 Å². The zero-order valence-corrected chi connectivity index (χ0v) is 8.79. The Morgan fingerprint density at radius 2 is 2.06 bits per heavy atom. The third-order valence-corrected chi connectivity index (χ3v) is 2.15. The van der Waals surface area contributed by atoms with Gasteiger partial charge < -0.3 is 16.0 Å². The molecule has 0 fully saturated rings. The van der Waals surface area contributed by atoms with Crippen LogP contribution in [0.5, 0.6) is 0 Å². The van der Waals surface area contributed by atoms with E-state index >= 15 is 0 Å². The number of rotatable bonds is 2. The van der Waals surface area contributed by atoms with E-state index in [2.05, 4.69) is 16.0 Å². The van der Waals surface area contributed by atoms with Crippen LogP contribution in [0.1, 0.15) is 0 Å². The number of anilines is 1. The number of amides is 3. The zero-order chi connectivity index (χ0) is 12.3. The number of para-hydroxylation sites is 1. The Labute approximate surface area is 96.7 Å². The topological polar surface area (TPSA) is 70.2 Å². The number of carbonyl (C=O) groups is 2. The molecule has 6 heteroatoms. The molecular formula is C11H10FN3O2. The SMILES string of the molecule is O=C1C=C(NC(=O)Nc2ccccc2F)CN1. The molecule has 3 amide bonds. The molecule has 0 saturated carbocycles. The molecule has 3 N–H and O–H groups in total. The molecule has 1 heterocycles. The molecule has 0 spiro atoms. The fourth-order valence-electron chi connectivity index (χ4n) is 1.38. The Bertz CT molecular complexity index is 499. The summed E-state index contributed by atoms with van der Waals surface area (Å²) in [5, 5.41) is 7.30. The second-order valence-electron chi connectivity index (χ2n) is 3.45. The van der Waals surface area contributed by atoms with Crippen molar-refractivity contribution in [3.63, 3.8) is 0 Å². The van der Waals surface area contributed by atoms with Crippen LogP contribution in [-0.4, -0.2) is 18.5 Å². The zero-order valence-electron chi connectivity index (χ0n) is 8.79. The van der Waals surface area contributed by atoms with Crippen molar-refractivity contribution in [3.05, 3.63) is 41.9 Å². The first kappa shape index (κ1) is 11.1. The van der Waals surface area contributed by atoms with Gasteiger partial charge in [-0.15, -0.1) is 0 Å². The van der Waals surface area contributed by atoms with Crippen molar-refractivity contribution in [1.82, 2.24) is 10.6 Å². The first-order valence-electron chi connectivity index (χ1n) is 4.96. The molecule has 1 aromatic carbocycles. The van der Waals surface area contributed by atoms with Gasteiger partial charge in [-0.05, 0) is 12.1 Å². The maximum Gasteiger partial charge on any atom is 0.323 e. The third kappa shape index (κ3) is 2.81. The molecule has 0 bridgehead atoms. The summed E-state index contributed by atoms with van der Waals surface area (Å²) in [4.78, 5) is 22.3. The highest BCUT2D eigenvalue weighted by Crippen LogP contribution is 2.12. The van der Waals surface area contributed by atoms with Crippen LogP contribution in [0.3, 0.4) is 0 Å². The lowest BCUT2D eigenvalue weighted by atomic mass is 10.3. The van der Waals surface area contributed by atoms with Gasteiger partial charge in [0.05, 0.1) is 12.2 Å². The fraction of sp³-hybridized carbons (Fsp3) is 0.0909. The predicted molar refractivity (Wildman–Crippen MR) is 59.6 cm³/mol. The van der Waals surface area contributed by atoms with Crippen molar-refractivity contribution < 1.29 is 14.0 Å². The van der Waals surface area contributed by atoms with Crippen molar-refractivity contribution in [2.45, 2.75) is 0 Å². The second kappa shape index (κ2) is 4.65. The molecule has 1 aliphatic heterocycles. The first-order valence-corrected chi connectivity index (χ1v) is 4.96. The molecule has 0 radical (unpaired) electrons. The third-order valence-electron chi connectivity index (χ3n) is 2.15. The summed E-state index contributed by atoms with van der Waals surface area (Å²) in [5.41, 5.74) is 0.534. The van der Waals surface area contributed by atoms with Crippen LogP contribution in [0, 0.1) is 5.82 Å². The van der Waals surface area contributed by atoms with Crippen LogP contribution < -0.4 is 16.0 Å². The van der Waals surface area contributed by atoms with Gasteiger partial charge in [0.15, 0.2) is 0 Å². The van der Waals surface area contributed by atoms with Crippen LogP contribution in [0.2, 0.25) is 0 Å². The van der Waals surface area contributed by atoms with Crippen LogP contribution in [0.25, 0.3) is 0 Å². The van der Waals surface area contributed by atoms with Gasteiger partial charge >= 0.3 is 6.03 Å². The van der Waals surface area contributed by atoms with Gasteiger partial charge in [0.1, 0.15) is 5.82 Å². The molecule has 1 aliphatic rings. The van der Waals surface area contributed by atoms with Crippen LogP contribution >= 0.6 is 0 Å². The summed E-state index contributed by atoms with van der Waals surface area (Å²) >= 11 is 0. The maximum atomic E-state index is 13.2. The number of nitrogens with one attached hydrogen (secondary N) is 3. The summed E-state index contributed by atoms with van der Waals surface area (Å²) in [7, 11) is 0. The average molecular weight is 235 g/mol. The molecule has 88 valence electrons. The van der Waals surface area contributed by atoms with Gasteiger partial charge in [-0.3, -0.25) is 4.79 Å². The Balaban J connectivity index is 1.96. The molecule has 0 atom stereocenters. The van der Waals surface area contributed by atoms with E-state index in [1.165, 1.54) is 24.3 Å². The quantitative estimate of drug-likeness (QED) is 0.714. The molecule has 2 rings (SSSR count). The summed E-state index contributed by atoms with van der Waals surface area (Å²) in [6.07, 6.45) is 1.28. The average Bonchev–Trinajstić information content (AvgIpc) is 2.67. The molecule has 0 aromatic heterocycles. The lowest BCUT2D eigenvalue weighted by Crippen LogP contribution is -2.30. The van der Waals surface area contributed by atoms with Gasteiger partial charge in [-0.1, -0.05) is 12.1 Å². The molecule has 0 unspecified atom stereocenters. The van der Waals surface area contributed by atoms with Crippen molar-refractivity contribution in [2.75, 3.05) is 11.9 Å². The monoisotopic (exact) mass is 235 g/mol. The lowest BCUT2D eigenvalue weighted by Gasteiger charge is -2.08. The van der Waals surface area contributed by atoms with Crippen LogP contribution in [0.15, 0.2) is 36.0 Å². The molecule has 0 saturated heterocycles. The minimum atomic E-state index is -0.585. The number of urea groups is 1. The molecule has 5 nitrogen and oxygen atoms in total. The summed E-state index contributed by atoms with van der Waals surface area (Å²) in [6, 6.07) is 5.24. The van der Waals surface area contributed by atoms with E-state index in [1.54, 1.807) is 6.07 Å². The summed E-state index contributed by atoms with van der Waals surface area (Å²) < 4.78 is 13.2. The normalized spacial score (nSPS) is 13.9. The van der Waals surface area contributed by atoms with Crippen molar-refractivity contribution >= 4 is 17.6 Å². The van der Waals surface area contributed by atoms with E-state index < -0.39 is 11.8 Å². The van der Waals surface area contributed by atoms with E-state index in [4.69, 9.17) is 0 Å². The molecule has 17 heavy (non-hydrogen) atoms. The summed E-state index contributed by atoms with van der Waals surface area (Å²) in [5.74, 6) is -0.775. The fourth-order valence-corrected chi connectivity index (χ4v) is 1.38. The highest BCUT2D eigenvalue weighted by Gasteiger charge is 2.13. The Morgan fingerprint density at radius 1 is 1.29 bits per heavy atom. The largest absolute Gasteiger partial charge is 0.347 e. The van der Waals surface area contributed by atoms with Gasteiger partial charge in [-0.2, -0.15) is 0 Å². The van der Waals surface area contributed by atoms with Gasteiger partial charge in [0.25, 0.3) is 0 Å². The Kier molecular flexibility index (Phi) is 3.04. The lowest BCUT2D eigenvalue weighted by molar-refractivity contribution is -0.115. The first-order chi connectivity index (χ1) is 8.15. The van der Waals surface area contributed by atoms with E-state index in [1.807, 2.05) is 0 Å². The smallest absolute Gasteiger partial charge is 0.323 e. The second-order valence-corrected chi connectivity index (χ2v) is 3.45. The van der Waals surface area contributed by atoms with E-state index in [0.29, 0.717) is 5.70 Å². The molecular weight excluding hydrogens is 225 g/mol. The van der Waals surface area contributed by atoms with Crippen LogP contribution in [0.4, 0.5) is 14.9 Å². The molecule has 0 aliphatic carbocycles. The number of hydrogen-bond donors (Lipinski definition) is 3. The van der Waals surface area contributed by atoms with E-state index in [0.717, 1.165) is 0 Å². The highest BCUT2D eigenvalue weighted by molar-refractivity contribution is 5.95. The van der Waals surface area contributed by atoms with Crippen molar-refractivity contribution in [2.24, 2.45) is 0 Å². The standard InChI is InChI=1S/C11H10FN3O2/c12-8-3-1-2-4-9(8)15-11(17)14-7-5-10(16)13-6-7/h1-5H,6H2,(H,13,16)(H2,14,15,17). The van der Waals surface area contributed by atoms with E-state index in [9.17, 15) is 14.0 Å². The Morgan fingerprint density at radius 3 is 2.71 bits per heavy atom. The minimum Gasteiger partial charge on any atom is -0.347 e. The van der Waals surface area contributed by atoms with Gasteiger partial charge in [0, 0.05) is 11.8 Å². The maximum absolute atomic E-state index is 13.2. The number of benzene rings is 1. The number of halogens is 1. The van der Waals surface area contributed by atoms with Crippen molar-refractivity contribution in [3.8, 4) is 0 Å². The number of carbonyl (C=O) groups excluding carboxylic acids is 2. The number of hydrogen-bond acceptors (Lipinski definition) is 2. The highest BCUT2D eigenvalue weighted by atomic mass is 19.1. The molecule has 1 aromatic rings. The predicted octanol–water partition coefficient (Wildman–Crippen LogP) is 0.961. The van der Waals surface area contributed by atoms with Crippen molar-refractivity contribution in [1.29, 1.82) is 0 Å².